The van der Waals surface area contributed by atoms with Crippen LogP contribution in [0.2, 0.25) is 0 Å². The summed E-state index contributed by atoms with van der Waals surface area (Å²) in [7, 11) is 3.19. The van der Waals surface area contributed by atoms with Crippen molar-refractivity contribution in [2.75, 3.05) is 27.4 Å². The normalized spacial score (nSPS) is 13.9. The van der Waals surface area contributed by atoms with E-state index in [9.17, 15) is 5.11 Å². The Labute approximate surface area is 127 Å². The standard InChI is InChI=1S/C16H27NO4/c1-12(2)17-16(3,11-18)9-10-21-15-13(19-4)7-6-8-14(15)20-5/h6-8,12,17-18H,9-11H2,1-5H3. The molecule has 1 atom stereocenters. The van der Waals surface area contributed by atoms with Gasteiger partial charge in [-0.15, -0.1) is 0 Å². The van der Waals surface area contributed by atoms with Crippen LogP contribution in [0.1, 0.15) is 27.2 Å². The Hall–Kier alpha value is -1.46. The molecule has 2 N–H and O–H groups in total. The van der Waals surface area contributed by atoms with Crippen molar-refractivity contribution in [2.24, 2.45) is 0 Å². The van der Waals surface area contributed by atoms with E-state index in [0.29, 0.717) is 36.3 Å². The van der Waals surface area contributed by atoms with E-state index < -0.39 is 0 Å². The summed E-state index contributed by atoms with van der Waals surface area (Å²) in [6.07, 6.45) is 0.670. The first kappa shape index (κ1) is 17.6. The van der Waals surface area contributed by atoms with E-state index in [1.807, 2.05) is 25.1 Å². The molecule has 0 fully saturated rings. The van der Waals surface area contributed by atoms with Crippen molar-refractivity contribution in [1.82, 2.24) is 5.32 Å². The van der Waals surface area contributed by atoms with Crippen LogP contribution in [0.25, 0.3) is 0 Å². The molecule has 0 aromatic heterocycles. The number of benzene rings is 1. The van der Waals surface area contributed by atoms with Gasteiger partial charge in [0, 0.05) is 18.0 Å². The van der Waals surface area contributed by atoms with Crippen LogP contribution in [-0.2, 0) is 0 Å². The highest BCUT2D eigenvalue weighted by Crippen LogP contribution is 2.36. The van der Waals surface area contributed by atoms with Gasteiger partial charge in [-0.2, -0.15) is 0 Å². The van der Waals surface area contributed by atoms with E-state index in [1.165, 1.54) is 0 Å². The summed E-state index contributed by atoms with van der Waals surface area (Å²) >= 11 is 0. The second-order valence-electron chi connectivity index (χ2n) is 5.61. The minimum Gasteiger partial charge on any atom is -0.493 e. The van der Waals surface area contributed by atoms with Crippen molar-refractivity contribution in [2.45, 2.75) is 38.8 Å². The largest absolute Gasteiger partial charge is 0.493 e. The lowest BCUT2D eigenvalue weighted by Crippen LogP contribution is -2.50. The fourth-order valence-corrected chi connectivity index (χ4v) is 2.23. The van der Waals surface area contributed by atoms with Gasteiger partial charge in [0.05, 0.1) is 27.4 Å². The van der Waals surface area contributed by atoms with Crippen molar-refractivity contribution in [1.29, 1.82) is 0 Å². The van der Waals surface area contributed by atoms with E-state index in [-0.39, 0.29) is 12.1 Å². The Balaban J connectivity index is 2.71. The Bertz CT molecular complexity index is 414. The number of ether oxygens (including phenoxy) is 3. The molecule has 1 aromatic rings. The molecule has 0 saturated heterocycles. The minimum atomic E-state index is -0.372. The van der Waals surface area contributed by atoms with E-state index in [4.69, 9.17) is 14.2 Å². The fourth-order valence-electron chi connectivity index (χ4n) is 2.23. The third kappa shape index (κ3) is 5.10. The molecule has 1 aromatic carbocycles. The second kappa shape index (κ2) is 8.10. The molecule has 120 valence electrons. The summed E-state index contributed by atoms with van der Waals surface area (Å²) in [6, 6.07) is 5.80. The average Bonchev–Trinajstić information content (AvgIpc) is 2.46. The highest BCUT2D eigenvalue weighted by molar-refractivity contribution is 5.51. The zero-order valence-corrected chi connectivity index (χ0v) is 13.6. The molecule has 0 saturated carbocycles. The lowest BCUT2D eigenvalue weighted by Gasteiger charge is -2.31. The number of aliphatic hydroxyl groups excluding tert-OH is 1. The zero-order valence-electron chi connectivity index (χ0n) is 13.6. The van der Waals surface area contributed by atoms with Crippen molar-refractivity contribution >= 4 is 0 Å². The van der Waals surface area contributed by atoms with Gasteiger partial charge < -0.3 is 24.6 Å². The van der Waals surface area contributed by atoms with E-state index >= 15 is 0 Å². The maximum Gasteiger partial charge on any atom is 0.203 e. The van der Waals surface area contributed by atoms with Crippen LogP contribution < -0.4 is 19.5 Å². The summed E-state index contributed by atoms with van der Waals surface area (Å²) in [5.74, 6) is 1.86. The lowest BCUT2D eigenvalue weighted by molar-refractivity contribution is 0.134. The number of nitrogens with one attached hydrogen (secondary N) is 1. The SMILES string of the molecule is COc1cccc(OC)c1OCCC(C)(CO)NC(C)C. The van der Waals surface area contributed by atoms with Crippen molar-refractivity contribution < 1.29 is 19.3 Å². The molecule has 1 unspecified atom stereocenters. The quantitative estimate of drug-likeness (QED) is 0.732. The predicted octanol–water partition coefficient (Wildman–Crippen LogP) is 2.22. The number of hydrogen-bond acceptors (Lipinski definition) is 5. The van der Waals surface area contributed by atoms with Gasteiger partial charge in [0.2, 0.25) is 5.75 Å². The third-order valence-electron chi connectivity index (χ3n) is 3.27. The van der Waals surface area contributed by atoms with Gasteiger partial charge in [-0.3, -0.25) is 0 Å². The summed E-state index contributed by atoms with van der Waals surface area (Å²) < 4.78 is 16.4. The molecule has 0 bridgehead atoms. The van der Waals surface area contributed by atoms with E-state index in [1.54, 1.807) is 14.2 Å². The third-order valence-corrected chi connectivity index (χ3v) is 3.27. The monoisotopic (exact) mass is 297 g/mol. The van der Waals surface area contributed by atoms with Gasteiger partial charge in [-0.25, -0.2) is 0 Å². The topological polar surface area (TPSA) is 60.0 Å². The maximum absolute atomic E-state index is 9.57. The molecule has 21 heavy (non-hydrogen) atoms. The highest BCUT2D eigenvalue weighted by atomic mass is 16.5. The molecule has 0 heterocycles. The van der Waals surface area contributed by atoms with Gasteiger partial charge in [0.15, 0.2) is 11.5 Å². The molecule has 5 nitrogen and oxygen atoms in total. The predicted molar refractivity (Wildman–Crippen MR) is 83.4 cm³/mol. The number of rotatable bonds is 9. The van der Waals surface area contributed by atoms with E-state index in [2.05, 4.69) is 19.2 Å². The van der Waals surface area contributed by atoms with Gasteiger partial charge in [0.25, 0.3) is 0 Å². The molecule has 0 aliphatic carbocycles. The second-order valence-corrected chi connectivity index (χ2v) is 5.61. The van der Waals surface area contributed by atoms with Crippen LogP contribution in [0.3, 0.4) is 0 Å². The summed E-state index contributed by atoms with van der Waals surface area (Å²) in [5.41, 5.74) is -0.372. The summed E-state index contributed by atoms with van der Waals surface area (Å²) in [6.45, 7) is 6.59. The average molecular weight is 297 g/mol. The van der Waals surface area contributed by atoms with Gasteiger partial charge in [0.1, 0.15) is 0 Å². The highest BCUT2D eigenvalue weighted by Gasteiger charge is 2.24. The van der Waals surface area contributed by atoms with Crippen LogP contribution in [0, 0.1) is 0 Å². The molecular weight excluding hydrogens is 270 g/mol. The van der Waals surface area contributed by atoms with Crippen LogP contribution in [0.4, 0.5) is 0 Å². The van der Waals surface area contributed by atoms with Crippen molar-refractivity contribution in [3.63, 3.8) is 0 Å². The molecule has 0 radical (unpaired) electrons. The van der Waals surface area contributed by atoms with Gasteiger partial charge in [-0.1, -0.05) is 19.9 Å². The molecule has 0 aliphatic rings. The van der Waals surface area contributed by atoms with E-state index in [0.717, 1.165) is 0 Å². The molecule has 0 aliphatic heterocycles. The summed E-state index contributed by atoms with van der Waals surface area (Å²) in [5, 5.41) is 12.9. The minimum absolute atomic E-state index is 0.0532. The molecular formula is C16H27NO4. The summed E-state index contributed by atoms with van der Waals surface area (Å²) in [4.78, 5) is 0. The van der Waals surface area contributed by atoms with Gasteiger partial charge >= 0.3 is 0 Å². The number of para-hydroxylation sites is 1. The van der Waals surface area contributed by atoms with Gasteiger partial charge in [-0.05, 0) is 19.1 Å². The van der Waals surface area contributed by atoms with Crippen LogP contribution >= 0.6 is 0 Å². The fraction of sp³-hybridized carbons (Fsp3) is 0.625. The Morgan fingerprint density at radius 2 is 1.76 bits per heavy atom. The first-order valence-electron chi connectivity index (χ1n) is 7.18. The number of hydrogen-bond donors (Lipinski definition) is 2. The molecule has 1 rings (SSSR count). The lowest BCUT2D eigenvalue weighted by atomic mass is 9.98. The first-order chi connectivity index (χ1) is 9.95. The number of aliphatic hydroxyl groups is 1. The first-order valence-corrected chi connectivity index (χ1v) is 7.18. The van der Waals surface area contributed by atoms with Crippen LogP contribution in [0.5, 0.6) is 17.2 Å². The zero-order chi connectivity index (χ0) is 15.9. The smallest absolute Gasteiger partial charge is 0.203 e. The van der Waals surface area contributed by atoms with Crippen molar-refractivity contribution in [3.8, 4) is 17.2 Å². The van der Waals surface area contributed by atoms with Crippen LogP contribution in [-0.4, -0.2) is 44.1 Å². The Morgan fingerprint density at radius 1 is 1.19 bits per heavy atom. The Morgan fingerprint density at radius 3 is 2.19 bits per heavy atom. The molecule has 5 heteroatoms. The molecule has 0 amide bonds. The number of methoxy groups -OCH3 is 2. The molecule has 0 spiro atoms. The maximum atomic E-state index is 9.57. The van der Waals surface area contributed by atoms with Crippen molar-refractivity contribution in [3.05, 3.63) is 18.2 Å². The Kier molecular flexibility index (Phi) is 6.78. The van der Waals surface area contributed by atoms with Crippen LogP contribution in [0.15, 0.2) is 18.2 Å².